The van der Waals surface area contributed by atoms with Gasteiger partial charge in [-0.1, -0.05) is 52.7 Å². The summed E-state index contributed by atoms with van der Waals surface area (Å²) in [5.41, 5.74) is 3.27. The van der Waals surface area contributed by atoms with Gasteiger partial charge in [0.05, 0.1) is 12.6 Å². The molecule has 1 atom stereocenters. The standard InChI is InChI=1S/C21H18N4O3/c1-13-3-7-15(8-4-13)19-24-21(28-25-19)17(11-22)18(26)12-23-20(27)16-9-5-14(2)6-10-16/h3-10,17H,12H2,1-2H3,(H,23,27)/t17-/m0/s1. The molecule has 0 fully saturated rings. The van der Waals surface area contributed by atoms with Crippen LogP contribution in [-0.4, -0.2) is 28.4 Å². The largest absolute Gasteiger partial charge is 0.345 e. The molecule has 1 heterocycles. The molecule has 140 valence electrons. The number of aromatic nitrogens is 2. The number of nitrogens with one attached hydrogen (secondary N) is 1. The lowest BCUT2D eigenvalue weighted by Gasteiger charge is -2.06. The van der Waals surface area contributed by atoms with E-state index >= 15 is 0 Å². The van der Waals surface area contributed by atoms with Crippen LogP contribution in [0.5, 0.6) is 0 Å². The molecular weight excluding hydrogens is 356 g/mol. The van der Waals surface area contributed by atoms with Gasteiger partial charge in [0.1, 0.15) is 0 Å². The van der Waals surface area contributed by atoms with E-state index in [2.05, 4.69) is 15.5 Å². The number of benzene rings is 2. The minimum atomic E-state index is -1.25. The number of aryl methyl sites for hydroxylation is 2. The first kappa shape index (κ1) is 19.0. The van der Waals surface area contributed by atoms with Crippen LogP contribution in [0.4, 0.5) is 0 Å². The van der Waals surface area contributed by atoms with Gasteiger partial charge >= 0.3 is 0 Å². The second-order valence-electron chi connectivity index (χ2n) is 6.40. The summed E-state index contributed by atoms with van der Waals surface area (Å²) in [6.45, 7) is 3.56. The van der Waals surface area contributed by atoms with Crippen molar-refractivity contribution in [1.29, 1.82) is 5.26 Å². The molecule has 0 aliphatic heterocycles. The van der Waals surface area contributed by atoms with Gasteiger partial charge in [-0.15, -0.1) is 0 Å². The Morgan fingerprint density at radius 1 is 1.07 bits per heavy atom. The summed E-state index contributed by atoms with van der Waals surface area (Å²) in [5.74, 6) is -1.96. The number of nitrogens with zero attached hydrogens (tertiary/aromatic N) is 3. The molecule has 3 rings (SSSR count). The lowest BCUT2D eigenvalue weighted by atomic mass is 10.1. The fourth-order valence-electron chi connectivity index (χ4n) is 2.51. The van der Waals surface area contributed by atoms with Gasteiger partial charge in [-0.3, -0.25) is 9.59 Å². The Morgan fingerprint density at radius 2 is 1.68 bits per heavy atom. The van der Waals surface area contributed by atoms with Crippen LogP contribution < -0.4 is 5.32 Å². The predicted molar refractivity (Wildman–Crippen MR) is 101 cm³/mol. The van der Waals surface area contributed by atoms with Gasteiger partial charge in [0.25, 0.3) is 11.8 Å². The number of hydrogen-bond acceptors (Lipinski definition) is 6. The topological polar surface area (TPSA) is 109 Å². The van der Waals surface area contributed by atoms with Crippen LogP contribution >= 0.6 is 0 Å². The van der Waals surface area contributed by atoms with Crippen LogP contribution in [0, 0.1) is 25.2 Å². The smallest absolute Gasteiger partial charge is 0.252 e. The highest BCUT2D eigenvalue weighted by Crippen LogP contribution is 2.20. The fraction of sp³-hybridized carbons (Fsp3) is 0.190. The number of ketones is 1. The normalized spacial score (nSPS) is 11.5. The summed E-state index contributed by atoms with van der Waals surface area (Å²) < 4.78 is 5.11. The molecule has 7 heteroatoms. The van der Waals surface area contributed by atoms with E-state index in [0.717, 1.165) is 16.7 Å². The molecule has 0 aliphatic carbocycles. The van der Waals surface area contributed by atoms with E-state index in [1.165, 1.54) is 0 Å². The van der Waals surface area contributed by atoms with Gasteiger partial charge in [-0.2, -0.15) is 10.2 Å². The van der Waals surface area contributed by atoms with Gasteiger partial charge < -0.3 is 9.84 Å². The number of nitriles is 1. The van der Waals surface area contributed by atoms with E-state index in [4.69, 9.17) is 4.52 Å². The third-order valence-corrected chi connectivity index (χ3v) is 4.19. The summed E-state index contributed by atoms with van der Waals surface area (Å²) in [7, 11) is 0. The molecule has 1 amide bonds. The zero-order chi connectivity index (χ0) is 20.1. The van der Waals surface area contributed by atoms with Crippen molar-refractivity contribution in [3.05, 3.63) is 71.1 Å². The number of hydrogen-bond donors (Lipinski definition) is 1. The second kappa shape index (κ2) is 8.27. The molecule has 1 aromatic heterocycles. The molecule has 0 spiro atoms. The van der Waals surface area contributed by atoms with Crippen LogP contribution in [0.25, 0.3) is 11.4 Å². The Hall–Kier alpha value is -3.79. The van der Waals surface area contributed by atoms with Crippen molar-refractivity contribution in [3.63, 3.8) is 0 Å². The number of amides is 1. The van der Waals surface area contributed by atoms with Gasteiger partial charge in [-0.25, -0.2) is 0 Å². The van der Waals surface area contributed by atoms with Crippen molar-refractivity contribution in [3.8, 4) is 17.5 Å². The molecule has 3 aromatic rings. The monoisotopic (exact) mass is 374 g/mol. The molecule has 28 heavy (non-hydrogen) atoms. The van der Waals surface area contributed by atoms with Crippen molar-refractivity contribution in [2.75, 3.05) is 6.54 Å². The molecule has 7 nitrogen and oxygen atoms in total. The molecule has 0 unspecified atom stereocenters. The minimum absolute atomic E-state index is 0.0901. The third-order valence-electron chi connectivity index (χ3n) is 4.19. The van der Waals surface area contributed by atoms with E-state index in [0.29, 0.717) is 11.4 Å². The first-order chi connectivity index (χ1) is 13.5. The Morgan fingerprint density at radius 3 is 2.29 bits per heavy atom. The van der Waals surface area contributed by atoms with Crippen molar-refractivity contribution < 1.29 is 14.1 Å². The highest BCUT2D eigenvalue weighted by atomic mass is 16.5. The SMILES string of the molecule is Cc1ccc(C(=O)NCC(=O)[C@H](C#N)c2nc(-c3ccc(C)cc3)no2)cc1. The van der Waals surface area contributed by atoms with E-state index < -0.39 is 17.6 Å². The van der Waals surface area contributed by atoms with Crippen molar-refractivity contribution in [1.82, 2.24) is 15.5 Å². The fourth-order valence-corrected chi connectivity index (χ4v) is 2.51. The Kier molecular flexibility index (Phi) is 5.61. The Bertz CT molecular complexity index is 1030. The zero-order valence-electron chi connectivity index (χ0n) is 15.5. The average Bonchev–Trinajstić information content (AvgIpc) is 3.17. The van der Waals surface area contributed by atoms with E-state index in [1.807, 2.05) is 44.2 Å². The molecule has 0 saturated carbocycles. The van der Waals surface area contributed by atoms with Crippen LogP contribution in [0.1, 0.15) is 33.3 Å². The summed E-state index contributed by atoms with van der Waals surface area (Å²) in [6, 6.07) is 16.3. The number of carbonyl (C=O) groups is 2. The quantitative estimate of drug-likeness (QED) is 0.710. The van der Waals surface area contributed by atoms with E-state index in [1.54, 1.807) is 24.3 Å². The van der Waals surface area contributed by atoms with Crippen molar-refractivity contribution in [2.45, 2.75) is 19.8 Å². The predicted octanol–water partition coefficient (Wildman–Crippen LogP) is 2.96. The van der Waals surface area contributed by atoms with Crippen molar-refractivity contribution in [2.24, 2.45) is 0 Å². The maximum absolute atomic E-state index is 12.4. The molecule has 0 bridgehead atoms. The maximum Gasteiger partial charge on any atom is 0.252 e. The average molecular weight is 374 g/mol. The number of Topliss-reactive ketones (excluding diaryl/α,β-unsaturated/α-hetero) is 1. The summed E-state index contributed by atoms with van der Waals surface area (Å²) in [6.07, 6.45) is 0. The minimum Gasteiger partial charge on any atom is -0.345 e. The molecule has 0 radical (unpaired) electrons. The third kappa shape index (κ3) is 4.30. The van der Waals surface area contributed by atoms with Crippen LogP contribution in [0.15, 0.2) is 53.1 Å². The molecule has 0 aliphatic rings. The Balaban J connectivity index is 1.67. The summed E-state index contributed by atoms with van der Waals surface area (Å²) in [5, 5.41) is 15.7. The maximum atomic E-state index is 12.4. The zero-order valence-corrected chi connectivity index (χ0v) is 15.5. The van der Waals surface area contributed by atoms with Crippen LogP contribution in [-0.2, 0) is 4.79 Å². The first-order valence-corrected chi connectivity index (χ1v) is 8.66. The molecule has 2 aromatic carbocycles. The summed E-state index contributed by atoms with van der Waals surface area (Å²) in [4.78, 5) is 28.7. The lowest BCUT2D eigenvalue weighted by Crippen LogP contribution is -2.32. The first-order valence-electron chi connectivity index (χ1n) is 8.66. The summed E-state index contributed by atoms with van der Waals surface area (Å²) >= 11 is 0. The van der Waals surface area contributed by atoms with Crippen molar-refractivity contribution >= 4 is 11.7 Å². The van der Waals surface area contributed by atoms with E-state index in [-0.39, 0.29) is 12.4 Å². The second-order valence-corrected chi connectivity index (χ2v) is 6.40. The highest BCUT2D eigenvalue weighted by molar-refractivity contribution is 5.98. The number of rotatable bonds is 6. The van der Waals surface area contributed by atoms with Gasteiger partial charge in [-0.05, 0) is 26.0 Å². The van der Waals surface area contributed by atoms with Gasteiger partial charge in [0.15, 0.2) is 11.7 Å². The van der Waals surface area contributed by atoms with Gasteiger partial charge in [0.2, 0.25) is 5.82 Å². The lowest BCUT2D eigenvalue weighted by molar-refractivity contribution is -0.118. The molecular formula is C21H18N4O3. The highest BCUT2D eigenvalue weighted by Gasteiger charge is 2.27. The van der Waals surface area contributed by atoms with Gasteiger partial charge in [0, 0.05) is 11.1 Å². The van der Waals surface area contributed by atoms with E-state index in [9.17, 15) is 14.9 Å². The molecule has 1 N–H and O–H groups in total. The number of carbonyl (C=O) groups excluding carboxylic acids is 2. The molecule has 0 saturated heterocycles. The van der Waals surface area contributed by atoms with Crippen LogP contribution in [0.2, 0.25) is 0 Å². The Labute approximate surface area is 162 Å². The van der Waals surface area contributed by atoms with Crippen LogP contribution in [0.3, 0.4) is 0 Å².